The largest absolute Gasteiger partial charge is 0.497 e. The van der Waals surface area contributed by atoms with Gasteiger partial charge in [0.25, 0.3) is 5.91 Å². The molecule has 5 nitrogen and oxygen atoms in total. The fourth-order valence-electron chi connectivity index (χ4n) is 2.33. The van der Waals surface area contributed by atoms with Crippen LogP contribution in [0.5, 0.6) is 5.75 Å². The van der Waals surface area contributed by atoms with Crippen molar-refractivity contribution in [2.75, 3.05) is 14.2 Å². The summed E-state index contributed by atoms with van der Waals surface area (Å²) in [6, 6.07) is 7.48. The number of hydrogen-bond donors (Lipinski definition) is 0. The van der Waals surface area contributed by atoms with Gasteiger partial charge in [-0.1, -0.05) is 12.1 Å². The molecule has 2 rings (SSSR count). The van der Waals surface area contributed by atoms with E-state index in [1.54, 1.807) is 19.1 Å². The molecule has 1 aliphatic rings. The van der Waals surface area contributed by atoms with Crippen LogP contribution in [-0.4, -0.2) is 37.0 Å². The summed E-state index contributed by atoms with van der Waals surface area (Å²) >= 11 is 0. The van der Waals surface area contributed by atoms with E-state index < -0.39 is 12.1 Å². The number of amides is 1. The number of benzene rings is 1. The highest BCUT2D eigenvalue weighted by molar-refractivity contribution is 5.85. The summed E-state index contributed by atoms with van der Waals surface area (Å²) in [4.78, 5) is 24.6. The summed E-state index contributed by atoms with van der Waals surface area (Å²) in [5, 5.41) is 0. The van der Waals surface area contributed by atoms with E-state index in [-0.39, 0.29) is 11.9 Å². The Hall–Kier alpha value is -2.04. The second-order valence-corrected chi connectivity index (χ2v) is 4.57. The highest BCUT2D eigenvalue weighted by atomic mass is 16.5. The minimum atomic E-state index is -0.672. The minimum Gasteiger partial charge on any atom is -0.497 e. The summed E-state index contributed by atoms with van der Waals surface area (Å²) in [7, 11) is 3.33. The van der Waals surface area contributed by atoms with E-state index in [1.165, 1.54) is 6.92 Å². The molecule has 1 fully saturated rings. The Kier molecular flexibility index (Phi) is 3.74. The molecule has 0 aliphatic carbocycles. The molecule has 5 heteroatoms. The van der Waals surface area contributed by atoms with E-state index in [4.69, 9.17) is 9.47 Å². The standard InChI is InChI=1S/C14H17NO4/c1-9(16)19-13-8-12(15(2)14(13)17)10-4-6-11(18-3)7-5-10/h4-7,12-13H,8H2,1-3H3/t12-,13-/m1/s1. The SMILES string of the molecule is COc1ccc([C@H]2C[C@@H](OC(C)=O)C(=O)N2C)cc1. The number of ether oxygens (including phenoxy) is 2. The highest BCUT2D eigenvalue weighted by Gasteiger charge is 2.39. The summed E-state index contributed by atoms with van der Waals surface area (Å²) < 4.78 is 10.1. The van der Waals surface area contributed by atoms with Crippen LogP contribution in [0.25, 0.3) is 0 Å². The number of likely N-dealkylation sites (N-methyl/N-ethyl adjacent to an activating group) is 1. The molecule has 1 saturated heterocycles. The van der Waals surface area contributed by atoms with Gasteiger partial charge in [0.15, 0.2) is 6.10 Å². The van der Waals surface area contributed by atoms with Crippen LogP contribution in [0.15, 0.2) is 24.3 Å². The van der Waals surface area contributed by atoms with Crippen LogP contribution in [0.4, 0.5) is 0 Å². The fraction of sp³-hybridized carbons (Fsp3) is 0.429. The first-order valence-electron chi connectivity index (χ1n) is 6.10. The average Bonchev–Trinajstić information content (AvgIpc) is 2.67. The van der Waals surface area contributed by atoms with Gasteiger partial charge in [0.05, 0.1) is 13.2 Å². The molecular formula is C14H17NO4. The van der Waals surface area contributed by atoms with E-state index in [0.29, 0.717) is 6.42 Å². The molecule has 1 heterocycles. The molecule has 0 spiro atoms. The summed E-state index contributed by atoms with van der Waals surface area (Å²) in [5.74, 6) is 0.186. The van der Waals surface area contributed by atoms with Crippen molar-refractivity contribution in [1.82, 2.24) is 4.90 Å². The van der Waals surface area contributed by atoms with Crippen molar-refractivity contribution in [1.29, 1.82) is 0 Å². The number of nitrogens with zero attached hydrogens (tertiary/aromatic N) is 1. The second kappa shape index (κ2) is 5.30. The van der Waals surface area contributed by atoms with Gasteiger partial charge in [0.1, 0.15) is 5.75 Å². The van der Waals surface area contributed by atoms with Crippen molar-refractivity contribution in [2.24, 2.45) is 0 Å². The Bertz CT molecular complexity index is 483. The van der Waals surface area contributed by atoms with Gasteiger partial charge in [0, 0.05) is 20.4 Å². The van der Waals surface area contributed by atoms with Crippen LogP contribution in [0, 0.1) is 0 Å². The molecular weight excluding hydrogens is 246 g/mol. The van der Waals surface area contributed by atoms with Crippen LogP contribution < -0.4 is 4.74 Å². The lowest BCUT2D eigenvalue weighted by Gasteiger charge is -2.19. The van der Waals surface area contributed by atoms with Gasteiger partial charge in [-0.15, -0.1) is 0 Å². The summed E-state index contributed by atoms with van der Waals surface area (Å²) in [5.41, 5.74) is 1.01. The molecule has 2 atom stereocenters. The maximum Gasteiger partial charge on any atom is 0.303 e. The van der Waals surface area contributed by atoms with E-state index in [0.717, 1.165) is 11.3 Å². The molecule has 0 N–H and O–H groups in total. The molecule has 1 amide bonds. The Labute approximate surface area is 112 Å². The third-order valence-corrected chi connectivity index (χ3v) is 3.34. The quantitative estimate of drug-likeness (QED) is 0.776. The maximum absolute atomic E-state index is 12.0. The van der Waals surface area contributed by atoms with Crippen molar-refractivity contribution < 1.29 is 19.1 Å². The number of carbonyl (C=O) groups excluding carboxylic acids is 2. The lowest BCUT2D eigenvalue weighted by atomic mass is 10.0. The molecule has 0 aromatic heterocycles. The van der Waals surface area contributed by atoms with Crippen LogP contribution in [0.1, 0.15) is 24.9 Å². The lowest BCUT2D eigenvalue weighted by molar-refractivity contribution is -0.153. The lowest BCUT2D eigenvalue weighted by Crippen LogP contribution is -2.29. The van der Waals surface area contributed by atoms with Crippen molar-refractivity contribution in [2.45, 2.75) is 25.5 Å². The van der Waals surface area contributed by atoms with Gasteiger partial charge < -0.3 is 14.4 Å². The van der Waals surface area contributed by atoms with E-state index in [2.05, 4.69) is 0 Å². The van der Waals surface area contributed by atoms with Crippen LogP contribution in [0.2, 0.25) is 0 Å². The van der Waals surface area contributed by atoms with Crippen LogP contribution >= 0.6 is 0 Å². The Morgan fingerprint density at radius 2 is 1.95 bits per heavy atom. The minimum absolute atomic E-state index is 0.0669. The number of rotatable bonds is 3. The Balaban J connectivity index is 2.16. The molecule has 102 valence electrons. The topological polar surface area (TPSA) is 55.8 Å². The number of esters is 1. The van der Waals surface area contributed by atoms with E-state index in [9.17, 15) is 9.59 Å². The monoisotopic (exact) mass is 263 g/mol. The van der Waals surface area contributed by atoms with Crippen molar-refractivity contribution in [3.63, 3.8) is 0 Å². The molecule has 1 aliphatic heterocycles. The first-order chi connectivity index (χ1) is 9.02. The second-order valence-electron chi connectivity index (χ2n) is 4.57. The predicted octanol–water partition coefficient (Wildman–Crippen LogP) is 1.53. The smallest absolute Gasteiger partial charge is 0.303 e. The van der Waals surface area contributed by atoms with Gasteiger partial charge in [-0.05, 0) is 17.7 Å². The fourth-order valence-corrected chi connectivity index (χ4v) is 2.33. The molecule has 0 unspecified atom stereocenters. The van der Waals surface area contributed by atoms with Gasteiger partial charge in [-0.25, -0.2) is 0 Å². The van der Waals surface area contributed by atoms with Gasteiger partial charge >= 0.3 is 5.97 Å². The van der Waals surface area contributed by atoms with E-state index in [1.807, 2.05) is 24.3 Å². The normalized spacial score (nSPS) is 22.5. The molecule has 19 heavy (non-hydrogen) atoms. The maximum atomic E-state index is 12.0. The zero-order valence-electron chi connectivity index (χ0n) is 11.3. The van der Waals surface area contributed by atoms with Gasteiger partial charge in [0.2, 0.25) is 0 Å². The number of likely N-dealkylation sites (tertiary alicyclic amines) is 1. The number of carbonyl (C=O) groups is 2. The van der Waals surface area contributed by atoms with Crippen LogP contribution in [0.3, 0.4) is 0 Å². The third kappa shape index (κ3) is 2.70. The molecule has 1 aromatic carbocycles. The average molecular weight is 263 g/mol. The van der Waals surface area contributed by atoms with Gasteiger partial charge in [-0.2, -0.15) is 0 Å². The van der Waals surface area contributed by atoms with Gasteiger partial charge in [-0.3, -0.25) is 9.59 Å². The van der Waals surface area contributed by atoms with E-state index >= 15 is 0 Å². The zero-order valence-corrected chi connectivity index (χ0v) is 11.3. The summed E-state index contributed by atoms with van der Waals surface area (Å²) in [6.45, 7) is 1.31. The van der Waals surface area contributed by atoms with Crippen molar-refractivity contribution >= 4 is 11.9 Å². The molecule has 0 saturated carbocycles. The molecule has 0 bridgehead atoms. The third-order valence-electron chi connectivity index (χ3n) is 3.34. The predicted molar refractivity (Wildman–Crippen MR) is 68.7 cm³/mol. The Morgan fingerprint density at radius 1 is 1.32 bits per heavy atom. The number of hydrogen-bond acceptors (Lipinski definition) is 4. The van der Waals surface area contributed by atoms with Crippen LogP contribution in [-0.2, 0) is 14.3 Å². The van der Waals surface area contributed by atoms with Crippen molar-refractivity contribution in [3.8, 4) is 5.75 Å². The first-order valence-corrected chi connectivity index (χ1v) is 6.10. The summed E-state index contributed by atoms with van der Waals surface area (Å²) in [6.07, 6.45) is -0.184. The molecule has 1 aromatic rings. The zero-order chi connectivity index (χ0) is 14.0. The molecule has 0 radical (unpaired) electrons. The number of methoxy groups -OCH3 is 1. The highest BCUT2D eigenvalue weighted by Crippen LogP contribution is 2.33. The Morgan fingerprint density at radius 3 is 2.47 bits per heavy atom. The first kappa shape index (κ1) is 13.4. The van der Waals surface area contributed by atoms with Crippen molar-refractivity contribution in [3.05, 3.63) is 29.8 Å².